The van der Waals surface area contributed by atoms with E-state index in [0.29, 0.717) is 11.0 Å². The summed E-state index contributed by atoms with van der Waals surface area (Å²) in [5.41, 5.74) is 6.17. The van der Waals surface area contributed by atoms with E-state index in [9.17, 15) is 33.5 Å². The molecule has 2 aromatic rings. The van der Waals surface area contributed by atoms with E-state index in [1.165, 1.54) is 6.33 Å². The molecule has 0 spiro atoms. The van der Waals surface area contributed by atoms with E-state index >= 15 is 0 Å². The second-order valence-corrected chi connectivity index (χ2v) is 10.7. The molecule has 6 unspecified atom stereocenters. The van der Waals surface area contributed by atoms with Gasteiger partial charge in [0.05, 0.1) is 18.1 Å². The Morgan fingerprint density at radius 3 is 2.61 bits per heavy atom. The summed E-state index contributed by atoms with van der Waals surface area (Å²) in [5, 5.41) is 10.7. The molecule has 1 aliphatic rings. The van der Waals surface area contributed by atoms with Gasteiger partial charge >= 0.3 is 23.4 Å². The first-order valence-electron chi connectivity index (χ1n) is 8.13. The smallest absolute Gasteiger partial charge is 0.390 e. The van der Waals surface area contributed by atoms with Crippen LogP contribution in [-0.2, 0) is 31.6 Å². The minimum absolute atomic E-state index is 0.0264. The Labute approximate surface area is 172 Å². The van der Waals surface area contributed by atoms with Gasteiger partial charge in [0.1, 0.15) is 30.1 Å². The quantitative estimate of drug-likeness (QED) is 0.234. The fourth-order valence-corrected chi connectivity index (χ4v) is 5.89. The second-order valence-electron chi connectivity index (χ2n) is 6.12. The van der Waals surface area contributed by atoms with Crippen molar-refractivity contribution in [1.29, 1.82) is 0 Å². The highest BCUT2D eigenvalue weighted by Crippen LogP contribution is 2.67. The Bertz CT molecular complexity index is 1120. The first-order chi connectivity index (χ1) is 14.3. The highest BCUT2D eigenvalue weighted by molar-refractivity contribution is 7.67. The lowest BCUT2D eigenvalue weighted by molar-refractivity contribution is -0.0421. The van der Waals surface area contributed by atoms with Crippen LogP contribution in [0.15, 0.2) is 23.5 Å². The zero-order valence-electron chi connectivity index (χ0n) is 15.1. The largest absolute Gasteiger partial charge is 0.496 e. The van der Waals surface area contributed by atoms with Gasteiger partial charge in [0, 0.05) is 17.6 Å². The Morgan fingerprint density at radius 1 is 1.23 bits per heavy atom. The third kappa shape index (κ3) is 5.80. The average molecular weight is 503 g/mol. The second kappa shape index (κ2) is 8.73. The van der Waals surface area contributed by atoms with Crippen LogP contribution in [0.2, 0.25) is 0 Å². The standard InChI is InChI=1S/C11H16N5O12P3/c12-10-6-1-2-16(11(6)14-5-13-10)9-3-7(17)8(26-9)4-25-30(21,22)28-31(23,24)27-29(19,20)15-18/h1-2,5,7-9,17H,3-4H2,(H,19,20)(H,21,22)(H,23,24)(H2,12,13,14). The van der Waals surface area contributed by atoms with E-state index in [1.807, 2.05) is 0 Å². The molecule has 6 N–H and O–H groups in total. The molecular weight excluding hydrogens is 487 g/mol. The lowest BCUT2D eigenvalue weighted by atomic mass is 10.2. The summed E-state index contributed by atoms with van der Waals surface area (Å²) >= 11 is 0. The average Bonchev–Trinajstić information content (AvgIpc) is 3.22. The molecule has 6 atom stereocenters. The molecule has 1 fully saturated rings. The number of ether oxygens (including phenoxy) is 1. The van der Waals surface area contributed by atoms with Crippen molar-refractivity contribution in [3.63, 3.8) is 0 Å². The molecule has 3 rings (SSSR count). The number of hydrogen-bond acceptors (Lipinski definition) is 12. The van der Waals surface area contributed by atoms with E-state index in [2.05, 4.69) is 23.1 Å². The lowest BCUT2D eigenvalue weighted by Gasteiger charge is -2.19. The molecule has 1 saturated heterocycles. The van der Waals surface area contributed by atoms with Crippen LogP contribution in [0, 0.1) is 4.91 Å². The number of aliphatic hydroxyl groups is 1. The molecule has 17 nitrogen and oxygen atoms in total. The van der Waals surface area contributed by atoms with Crippen molar-refractivity contribution in [2.24, 2.45) is 4.95 Å². The van der Waals surface area contributed by atoms with Gasteiger partial charge in [-0.2, -0.15) is 8.62 Å². The predicted molar refractivity (Wildman–Crippen MR) is 99.9 cm³/mol. The molecule has 20 heteroatoms. The monoisotopic (exact) mass is 503 g/mol. The van der Waals surface area contributed by atoms with Crippen molar-refractivity contribution in [2.45, 2.75) is 24.9 Å². The molecule has 3 heterocycles. The van der Waals surface area contributed by atoms with Gasteiger partial charge in [-0.1, -0.05) is 0 Å². The number of phosphoric ester groups is 1. The molecule has 0 radical (unpaired) electrons. The van der Waals surface area contributed by atoms with Crippen molar-refractivity contribution in [3.05, 3.63) is 23.5 Å². The minimum atomic E-state index is -5.69. The first kappa shape index (κ1) is 24.0. The number of phosphoric acid groups is 2. The van der Waals surface area contributed by atoms with Crippen LogP contribution in [-0.4, -0.2) is 53.1 Å². The summed E-state index contributed by atoms with van der Waals surface area (Å²) in [6.45, 7) is -0.787. The molecule has 1 aliphatic heterocycles. The topological polar surface area (TPSA) is 255 Å². The van der Waals surface area contributed by atoms with Gasteiger partial charge in [0.2, 0.25) is 0 Å². The third-order valence-corrected chi connectivity index (χ3v) is 7.98. The Kier molecular flexibility index (Phi) is 6.77. The Morgan fingerprint density at radius 2 is 1.94 bits per heavy atom. The van der Waals surface area contributed by atoms with Gasteiger partial charge < -0.3 is 34.8 Å². The number of nitrogens with zero attached hydrogens (tertiary/aromatic N) is 4. The number of aliphatic hydroxyl groups excluding tert-OH is 1. The highest BCUT2D eigenvalue weighted by Gasteiger charge is 2.43. The van der Waals surface area contributed by atoms with Crippen molar-refractivity contribution in [2.75, 3.05) is 12.3 Å². The Balaban J connectivity index is 1.63. The number of rotatable bonds is 9. The third-order valence-electron chi connectivity index (χ3n) is 3.98. The van der Waals surface area contributed by atoms with Crippen LogP contribution in [0.25, 0.3) is 11.0 Å². The summed E-state index contributed by atoms with van der Waals surface area (Å²) in [4.78, 5) is 47.0. The maximum atomic E-state index is 11.8. The van der Waals surface area contributed by atoms with Crippen LogP contribution in [0.3, 0.4) is 0 Å². The number of nitrogen functional groups attached to an aromatic ring is 1. The normalized spacial score (nSPS) is 27.4. The van der Waals surface area contributed by atoms with E-state index in [1.54, 1.807) is 21.8 Å². The summed E-state index contributed by atoms with van der Waals surface area (Å²) in [5.74, 6) is 0.230. The molecule has 31 heavy (non-hydrogen) atoms. The zero-order chi connectivity index (χ0) is 23.0. The van der Waals surface area contributed by atoms with E-state index in [-0.39, 0.29) is 12.2 Å². The number of anilines is 1. The van der Waals surface area contributed by atoms with Gasteiger partial charge in [0.25, 0.3) is 0 Å². The minimum Gasteiger partial charge on any atom is -0.390 e. The highest BCUT2D eigenvalue weighted by atomic mass is 31.3. The summed E-state index contributed by atoms with van der Waals surface area (Å²) in [7, 11) is -16.5. The van der Waals surface area contributed by atoms with Crippen LogP contribution >= 0.6 is 23.4 Å². The fraction of sp³-hybridized carbons (Fsp3) is 0.455. The molecule has 0 amide bonds. The number of aromatic nitrogens is 3. The van der Waals surface area contributed by atoms with Crippen LogP contribution in [0.5, 0.6) is 0 Å². The van der Waals surface area contributed by atoms with Crippen LogP contribution < -0.4 is 5.73 Å². The molecule has 0 bridgehead atoms. The molecule has 0 saturated carbocycles. The predicted octanol–water partition coefficient (Wildman–Crippen LogP) is 0.779. The maximum Gasteiger partial charge on any atom is 0.496 e. The van der Waals surface area contributed by atoms with Gasteiger partial charge in [-0.25, -0.2) is 23.7 Å². The number of hydrogen-bond donors (Lipinski definition) is 5. The molecular formula is C11H16N5O12P3. The summed E-state index contributed by atoms with van der Waals surface area (Å²) in [6.07, 6.45) is -0.274. The van der Waals surface area contributed by atoms with Crippen molar-refractivity contribution in [3.8, 4) is 0 Å². The molecule has 0 aliphatic carbocycles. The maximum absolute atomic E-state index is 11.8. The number of fused-ring (bicyclic) bond motifs is 1. The summed E-state index contributed by atoms with van der Waals surface area (Å²) in [6, 6.07) is 1.63. The SMILES string of the molecule is Nc1ncnc2c1ccn2C1CC(O)C(COP(=O)(O)OP(=O)(O)OP(=O)(O)N=O)O1. The lowest BCUT2D eigenvalue weighted by Crippen LogP contribution is -2.26. The van der Waals surface area contributed by atoms with Crippen molar-refractivity contribution in [1.82, 2.24) is 14.5 Å². The molecule has 0 aromatic carbocycles. The van der Waals surface area contributed by atoms with Crippen molar-refractivity contribution < 1.29 is 51.4 Å². The van der Waals surface area contributed by atoms with Crippen LogP contribution in [0.1, 0.15) is 12.6 Å². The van der Waals surface area contributed by atoms with Gasteiger partial charge in [-0.15, -0.1) is 4.91 Å². The van der Waals surface area contributed by atoms with Gasteiger partial charge in [-0.3, -0.25) is 4.52 Å². The van der Waals surface area contributed by atoms with Gasteiger partial charge in [-0.05, 0) is 6.07 Å². The first-order valence-corrected chi connectivity index (χ1v) is 12.7. The van der Waals surface area contributed by atoms with E-state index in [4.69, 9.17) is 15.4 Å². The molecule has 2 aromatic heterocycles. The van der Waals surface area contributed by atoms with Crippen LogP contribution in [0.4, 0.5) is 5.82 Å². The number of nitroso groups, excluding NO2 is 1. The van der Waals surface area contributed by atoms with Crippen molar-refractivity contribution >= 4 is 40.2 Å². The zero-order valence-corrected chi connectivity index (χ0v) is 17.8. The van der Waals surface area contributed by atoms with Gasteiger partial charge in [0.15, 0.2) is 0 Å². The van der Waals surface area contributed by atoms with E-state index < -0.39 is 48.4 Å². The number of nitrogens with two attached hydrogens (primary N) is 1. The van der Waals surface area contributed by atoms with E-state index in [0.717, 1.165) is 0 Å². The Hall–Kier alpha value is -1.61. The molecule has 172 valence electrons. The summed E-state index contributed by atoms with van der Waals surface area (Å²) < 4.78 is 53.2. The fourth-order valence-electron chi connectivity index (χ4n) is 2.74.